The lowest BCUT2D eigenvalue weighted by Crippen LogP contribution is -2.50. The van der Waals surface area contributed by atoms with E-state index in [9.17, 15) is 9.59 Å². The number of esters is 2. The summed E-state index contributed by atoms with van der Waals surface area (Å²) in [6.07, 6.45) is 0.524. The lowest BCUT2D eigenvalue weighted by atomic mass is 9.61. The van der Waals surface area contributed by atoms with Crippen LogP contribution in [0.2, 0.25) is 0 Å². The quantitative estimate of drug-likeness (QED) is 0.661. The lowest BCUT2D eigenvalue weighted by molar-refractivity contribution is -0.176. The topological polar surface area (TPSA) is 100 Å². The first-order valence-electron chi connectivity index (χ1n) is 6.24. The summed E-state index contributed by atoms with van der Waals surface area (Å²) in [5.74, 6) is -1.17. The van der Waals surface area contributed by atoms with Crippen molar-refractivity contribution in [3.05, 3.63) is 0 Å². The Kier molecular flexibility index (Phi) is 6.72. The van der Waals surface area contributed by atoms with Crippen molar-refractivity contribution in [1.82, 2.24) is 0 Å². The van der Waals surface area contributed by atoms with Crippen molar-refractivity contribution in [3.63, 3.8) is 0 Å². The van der Waals surface area contributed by atoms with E-state index >= 15 is 0 Å². The third-order valence-electron chi connectivity index (χ3n) is 3.96. The third-order valence-corrected chi connectivity index (χ3v) is 3.96. The first-order chi connectivity index (χ1) is 9.33. The fourth-order valence-electron chi connectivity index (χ4n) is 2.27. The molecule has 0 fully saturated rings. The van der Waals surface area contributed by atoms with Gasteiger partial charge in [-0.25, -0.2) is 0 Å². The zero-order valence-electron chi connectivity index (χ0n) is 12.4. The number of carbonyl (C=O) groups excluding carboxylic acids is 2. The molecule has 0 saturated heterocycles. The Hall–Kier alpha value is -2.08. The van der Waals surface area contributed by atoms with Crippen molar-refractivity contribution >= 4 is 11.9 Å². The van der Waals surface area contributed by atoms with E-state index in [1.54, 1.807) is 13.8 Å². The van der Waals surface area contributed by atoms with Gasteiger partial charge in [-0.05, 0) is 26.7 Å². The van der Waals surface area contributed by atoms with E-state index in [-0.39, 0.29) is 25.7 Å². The van der Waals surface area contributed by atoms with E-state index < -0.39 is 22.8 Å². The molecule has 0 aromatic heterocycles. The van der Waals surface area contributed by atoms with Gasteiger partial charge in [0.15, 0.2) is 0 Å². The maximum atomic E-state index is 12.1. The maximum Gasteiger partial charge on any atom is 0.312 e. The minimum atomic E-state index is -1.22. The average Bonchev–Trinajstić information content (AvgIpc) is 2.47. The normalized spacial score (nSPS) is 15.9. The van der Waals surface area contributed by atoms with Crippen molar-refractivity contribution in [2.75, 3.05) is 14.2 Å². The molecular formula is C14H20N2O4. The first-order valence-corrected chi connectivity index (χ1v) is 6.24. The van der Waals surface area contributed by atoms with E-state index in [4.69, 9.17) is 20.0 Å². The molecule has 0 N–H and O–H groups in total. The van der Waals surface area contributed by atoms with Crippen LogP contribution in [0.5, 0.6) is 0 Å². The highest BCUT2D eigenvalue weighted by Gasteiger charge is 2.55. The Morgan fingerprint density at radius 2 is 1.20 bits per heavy atom. The SMILES string of the molecule is COC(=O)[C@](C)(CCC#N)[C@@](C)(CCC#N)C(=O)OC. The molecule has 0 aromatic rings. The molecule has 0 radical (unpaired) electrons. The monoisotopic (exact) mass is 280 g/mol. The van der Waals surface area contributed by atoms with Crippen LogP contribution in [0.15, 0.2) is 0 Å². The summed E-state index contributed by atoms with van der Waals surface area (Å²) in [4.78, 5) is 24.3. The van der Waals surface area contributed by atoms with Gasteiger partial charge >= 0.3 is 11.9 Å². The van der Waals surface area contributed by atoms with E-state index in [0.717, 1.165) is 0 Å². The Morgan fingerprint density at radius 3 is 1.40 bits per heavy atom. The van der Waals surface area contributed by atoms with E-state index in [1.807, 2.05) is 12.1 Å². The molecule has 0 saturated carbocycles. The zero-order chi connectivity index (χ0) is 15.8. The highest BCUT2D eigenvalue weighted by atomic mass is 16.5. The summed E-state index contributed by atoms with van der Waals surface area (Å²) in [5.41, 5.74) is -2.44. The zero-order valence-corrected chi connectivity index (χ0v) is 12.4. The minimum absolute atomic E-state index is 0.102. The molecule has 0 bridgehead atoms. The third kappa shape index (κ3) is 3.27. The number of hydrogen-bond acceptors (Lipinski definition) is 6. The van der Waals surface area contributed by atoms with Crippen LogP contribution in [0, 0.1) is 33.5 Å². The summed E-state index contributed by atoms with van der Waals surface area (Å²) in [6.45, 7) is 3.15. The van der Waals surface area contributed by atoms with Crippen molar-refractivity contribution in [2.45, 2.75) is 39.5 Å². The van der Waals surface area contributed by atoms with Crippen molar-refractivity contribution in [1.29, 1.82) is 10.5 Å². The van der Waals surface area contributed by atoms with E-state index in [2.05, 4.69) is 0 Å². The Morgan fingerprint density at radius 1 is 0.900 bits per heavy atom. The highest BCUT2D eigenvalue weighted by Crippen LogP contribution is 2.47. The molecule has 0 aliphatic rings. The number of nitrogens with zero attached hydrogens (tertiary/aromatic N) is 2. The molecule has 0 spiro atoms. The van der Waals surface area contributed by atoms with Crippen LogP contribution in [0.4, 0.5) is 0 Å². The fourth-order valence-corrected chi connectivity index (χ4v) is 2.27. The summed E-state index contributed by atoms with van der Waals surface area (Å²) in [7, 11) is 2.46. The van der Waals surface area contributed by atoms with Crippen molar-refractivity contribution in [2.24, 2.45) is 10.8 Å². The molecule has 0 amide bonds. The highest BCUT2D eigenvalue weighted by molar-refractivity contribution is 5.87. The number of hydrogen-bond donors (Lipinski definition) is 0. The van der Waals surface area contributed by atoms with Crippen LogP contribution in [-0.2, 0) is 19.1 Å². The van der Waals surface area contributed by atoms with Gasteiger partial charge < -0.3 is 9.47 Å². The second-order valence-corrected chi connectivity index (χ2v) is 4.96. The number of carbonyl (C=O) groups is 2. The van der Waals surface area contributed by atoms with Gasteiger partial charge in [-0.15, -0.1) is 0 Å². The second kappa shape index (κ2) is 7.49. The molecule has 20 heavy (non-hydrogen) atoms. The molecule has 2 atom stereocenters. The average molecular weight is 280 g/mol. The van der Waals surface area contributed by atoms with Gasteiger partial charge in [-0.3, -0.25) is 9.59 Å². The minimum Gasteiger partial charge on any atom is -0.469 e. The molecule has 0 aromatic carbocycles. The molecule has 110 valence electrons. The van der Waals surface area contributed by atoms with E-state index in [1.165, 1.54) is 14.2 Å². The molecular weight excluding hydrogens is 260 g/mol. The molecule has 0 aliphatic carbocycles. The number of rotatable bonds is 7. The molecule has 0 heterocycles. The van der Waals surface area contributed by atoms with Gasteiger partial charge in [-0.1, -0.05) is 0 Å². The lowest BCUT2D eigenvalue weighted by Gasteiger charge is -2.41. The number of methoxy groups -OCH3 is 2. The molecule has 0 unspecified atom stereocenters. The van der Waals surface area contributed by atoms with E-state index in [0.29, 0.717) is 0 Å². The smallest absolute Gasteiger partial charge is 0.312 e. The van der Waals surface area contributed by atoms with Crippen LogP contribution in [0.3, 0.4) is 0 Å². The largest absolute Gasteiger partial charge is 0.469 e. The van der Waals surface area contributed by atoms with Crippen LogP contribution >= 0.6 is 0 Å². The van der Waals surface area contributed by atoms with Gasteiger partial charge in [-0.2, -0.15) is 10.5 Å². The van der Waals surface area contributed by atoms with Crippen LogP contribution < -0.4 is 0 Å². The summed E-state index contributed by atoms with van der Waals surface area (Å²) < 4.78 is 9.59. The van der Waals surface area contributed by atoms with Crippen molar-refractivity contribution < 1.29 is 19.1 Å². The molecule has 0 aliphatic heterocycles. The molecule has 0 rings (SSSR count). The Bertz CT molecular complexity index is 407. The van der Waals surface area contributed by atoms with Crippen LogP contribution in [0.1, 0.15) is 39.5 Å². The summed E-state index contributed by atoms with van der Waals surface area (Å²) >= 11 is 0. The predicted molar refractivity (Wildman–Crippen MR) is 69.9 cm³/mol. The number of nitriles is 2. The van der Waals surface area contributed by atoms with Crippen LogP contribution in [0.25, 0.3) is 0 Å². The van der Waals surface area contributed by atoms with Gasteiger partial charge in [0.05, 0.1) is 37.2 Å². The van der Waals surface area contributed by atoms with Gasteiger partial charge in [0.1, 0.15) is 0 Å². The second-order valence-electron chi connectivity index (χ2n) is 4.96. The Labute approximate surface area is 119 Å². The standard InChI is InChI=1S/C14H20N2O4/c1-13(7-5-9-15,11(17)19-3)14(2,8-6-10-16)12(18)20-4/h5-8H2,1-4H3/t13-,14-/m0/s1. The molecule has 6 heteroatoms. The predicted octanol–water partition coefficient (Wildman–Crippen LogP) is 1.95. The fraction of sp³-hybridized carbons (Fsp3) is 0.714. The molecule has 6 nitrogen and oxygen atoms in total. The van der Waals surface area contributed by atoms with Crippen LogP contribution in [-0.4, -0.2) is 26.2 Å². The number of ether oxygens (including phenoxy) is 2. The van der Waals surface area contributed by atoms with Gasteiger partial charge in [0, 0.05) is 12.8 Å². The first kappa shape index (κ1) is 17.9. The Balaban J connectivity index is 5.75. The van der Waals surface area contributed by atoms with Gasteiger partial charge in [0.25, 0.3) is 0 Å². The maximum absolute atomic E-state index is 12.1. The summed E-state index contributed by atoms with van der Waals surface area (Å²) in [5, 5.41) is 17.5. The van der Waals surface area contributed by atoms with Crippen molar-refractivity contribution in [3.8, 4) is 12.1 Å². The van der Waals surface area contributed by atoms with Gasteiger partial charge in [0.2, 0.25) is 0 Å². The summed E-state index contributed by atoms with van der Waals surface area (Å²) in [6, 6.07) is 3.93.